The Morgan fingerprint density at radius 2 is 1.96 bits per heavy atom. The van der Waals surface area contributed by atoms with Gasteiger partial charge in [0.2, 0.25) is 5.91 Å². The first-order chi connectivity index (χ1) is 12.7. The predicted molar refractivity (Wildman–Crippen MR) is 100 cm³/mol. The van der Waals surface area contributed by atoms with Crippen LogP contribution in [0.25, 0.3) is 0 Å². The van der Waals surface area contributed by atoms with E-state index in [0.29, 0.717) is 31.2 Å². The van der Waals surface area contributed by atoms with Gasteiger partial charge in [0.15, 0.2) is 0 Å². The van der Waals surface area contributed by atoms with Gasteiger partial charge in [-0.05, 0) is 30.9 Å². The molecule has 0 aliphatic carbocycles. The molecule has 0 saturated carbocycles. The van der Waals surface area contributed by atoms with E-state index in [1.54, 1.807) is 11.8 Å². The highest BCUT2D eigenvalue weighted by molar-refractivity contribution is 6.09. The molecule has 1 N–H and O–H groups in total. The number of imide groups is 1. The highest BCUT2D eigenvalue weighted by Gasteiger charge is 2.49. The summed E-state index contributed by atoms with van der Waals surface area (Å²) in [6.45, 7) is 8.92. The first-order valence-corrected chi connectivity index (χ1v) is 9.36. The number of carbonyl (C=O) groups is 3. The van der Waals surface area contributed by atoms with Crippen molar-refractivity contribution in [2.75, 3.05) is 26.2 Å². The van der Waals surface area contributed by atoms with Gasteiger partial charge in [-0.2, -0.15) is 0 Å². The SMILES string of the molecule is CC1CN(C(=O)CN2C(=O)NC(C)(c3ccc(C(C)C)cc3)C2=O)CCO1. The minimum atomic E-state index is -1.16. The highest BCUT2D eigenvalue weighted by atomic mass is 16.5. The summed E-state index contributed by atoms with van der Waals surface area (Å²) in [5.74, 6) is -0.265. The largest absolute Gasteiger partial charge is 0.375 e. The molecule has 146 valence electrons. The number of nitrogens with one attached hydrogen (secondary N) is 1. The second-order valence-electron chi connectivity index (χ2n) is 7.74. The van der Waals surface area contributed by atoms with E-state index in [-0.39, 0.29) is 18.6 Å². The molecule has 1 aromatic rings. The van der Waals surface area contributed by atoms with Gasteiger partial charge in [-0.3, -0.25) is 14.5 Å². The lowest BCUT2D eigenvalue weighted by Crippen LogP contribution is -2.49. The molecule has 0 bridgehead atoms. The van der Waals surface area contributed by atoms with Gasteiger partial charge in [0.05, 0.1) is 12.7 Å². The summed E-state index contributed by atoms with van der Waals surface area (Å²) in [6.07, 6.45) is -0.0458. The Morgan fingerprint density at radius 3 is 2.56 bits per heavy atom. The van der Waals surface area contributed by atoms with E-state index in [1.807, 2.05) is 31.2 Å². The second kappa shape index (κ2) is 7.31. The minimum Gasteiger partial charge on any atom is -0.375 e. The molecule has 2 aliphatic rings. The third-order valence-electron chi connectivity index (χ3n) is 5.32. The van der Waals surface area contributed by atoms with Crippen molar-refractivity contribution < 1.29 is 19.1 Å². The molecule has 2 saturated heterocycles. The monoisotopic (exact) mass is 373 g/mol. The van der Waals surface area contributed by atoms with Crippen LogP contribution in [0.15, 0.2) is 24.3 Å². The summed E-state index contributed by atoms with van der Waals surface area (Å²) in [6, 6.07) is 7.12. The highest BCUT2D eigenvalue weighted by Crippen LogP contribution is 2.30. The fraction of sp³-hybridized carbons (Fsp3) is 0.550. The molecule has 4 amide bonds. The normalized spacial score (nSPS) is 25.9. The fourth-order valence-electron chi connectivity index (χ4n) is 3.52. The lowest BCUT2D eigenvalue weighted by Gasteiger charge is -2.32. The van der Waals surface area contributed by atoms with Crippen LogP contribution in [0.1, 0.15) is 44.7 Å². The number of hydrogen-bond donors (Lipinski definition) is 1. The Bertz CT molecular complexity index is 746. The van der Waals surface area contributed by atoms with Crippen molar-refractivity contribution in [2.45, 2.75) is 45.3 Å². The standard InChI is InChI=1S/C20H27N3O4/c1-13(2)15-5-7-16(8-6-15)20(4)18(25)23(19(26)21-20)12-17(24)22-9-10-27-14(3)11-22/h5-8,13-14H,9-12H2,1-4H3,(H,21,26). The van der Waals surface area contributed by atoms with Crippen molar-refractivity contribution in [1.82, 2.24) is 15.1 Å². The van der Waals surface area contributed by atoms with Crippen molar-refractivity contribution in [1.29, 1.82) is 0 Å². The van der Waals surface area contributed by atoms with E-state index < -0.39 is 17.5 Å². The molecule has 7 heteroatoms. The molecule has 1 aromatic carbocycles. The molecule has 2 unspecified atom stereocenters. The summed E-state index contributed by atoms with van der Waals surface area (Å²) in [7, 11) is 0. The van der Waals surface area contributed by atoms with E-state index in [2.05, 4.69) is 19.2 Å². The molecule has 0 spiro atoms. The summed E-state index contributed by atoms with van der Waals surface area (Å²) in [5.41, 5.74) is 0.707. The number of hydrogen-bond acceptors (Lipinski definition) is 4. The first-order valence-electron chi connectivity index (χ1n) is 9.36. The van der Waals surface area contributed by atoms with Crippen LogP contribution >= 0.6 is 0 Å². The lowest BCUT2D eigenvalue weighted by atomic mass is 9.90. The third-order valence-corrected chi connectivity index (χ3v) is 5.32. The predicted octanol–water partition coefficient (Wildman–Crippen LogP) is 1.82. The average molecular weight is 373 g/mol. The second-order valence-corrected chi connectivity index (χ2v) is 7.74. The molecule has 2 fully saturated rings. The number of ether oxygens (including phenoxy) is 1. The molecular weight excluding hydrogens is 346 g/mol. The molecule has 27 heavy (non-hydrogen) atoms. The van der Waals surface area contributed by atoms with Crippen LogP contribution in [-0.4, -0.2) is 60.0 Å². The Labute approximate surface area is 159 Å². The Balaban J connectivity index is 1.74. The van der Waals surface area contributed by atoms with Crippen molar-refractivity contribution >= 4 is 17.8 Å². The molecule has 2 atom stereocenters. The van der Waals surface area contributed by atoms with Crippen LogP contribution in [0.2, 0.25) is 0 Å². The maximum atomic E-state index is 13.0. The van der Waals surface area contributed by atoms with Gasteiger partial charge in [0.1, 0.15) is 12.1 Å². The van der Waals surface area contributed by atoms with Crippen LogP contribution < -0.4 is 5.32 Å². The Hall–Kier alpha value is -2.41. The number of benzene rings is 1. The van der Waals surface area contributed by atoms with Gasteiger partial charge >= 0.3 is 6.03 Å². The average Bonchev–Trinajstić information content (AvgIpc) is 2.86. The number of urea groups is 1. The summed E-state index contributed by atoms with van der Waals surface area (Å²) in [4.78, 5) is 40.6. The first kappa shape index (κ1) is 19.4. The number of nitrogens with zero attached hydrogens (tertiary/aromatic N) is 2. The molecule has 0 aromatic heterocycles. The van der Waals surface area contributed by atoms with Crippen LogP contribution in [0.3, 0.4) is 0 Å². The zero-order chi connectivity index (χ0) is 19.8. The van der Waals surface area contributed by atoms with Crippen molar-refractivity contribution in [2.24, 2.45) is 0 Å². The van der Waals surface area contributed by atoms with E-state index in [1.165, 1.54) is 0 Å². The maximum Gasteiger partial charge on any atom is 0.325 e. The summed E-state index contributed by atoms with van der Waals surface area (Å²) < 4.78 is 5.43. The maximum absolute atomic E-state index is 13.0. The van der Waals surface area contributed by atoms with E-state index in [4.69, 9.17) is 4.74 Å². The van der Waals surface area contributed by atoms with Crippen molar-refractivity contribution in [3.8, 4) is 0 Å². The van der Waals surface area contributed by atoms with Crippen LogP contribution in [0.4, 0.5) is 4.79 Å². The minimum absolute atomic E-state index is 0.0458. The van der Waals surface area contributed by atoms with Crippen molar-refractivity contribution in [3.63, 3.8) is 0 Å². The lowest BCUT2D eigenvalue weighted by molar-refractivity contribution is -0.143. The molecule has 7 nitrogen and oxygen atoms in total. The van der Waals surface area contributed by atoms with Gasteiger partial charge in [-0.15, -0.1) is 0 Å². The van der Waals surface area contributed by atoms with Gasteiger partial charge < -0.3 is 15.0 Å². The van der Waals surface area contributed by atoms with E-state index in [9.17, 15) is 14.4 Å². The van der Waals surface area contributed by atoms with Crippen LogP contribution in [0.5, 0.6) is 0 Å². The zero-order valence-corrected chi connectivity index (χ0v) is 16.3. The Kier molecular flexibility index (Phi) is 5.24. The van der Waals surface area contributed by atoms with Gasteiger partial charge in [-0.1, -0.05) is 38.1 Å². The molecule has 2 aliphatic heterocycles. The summed E-state index contributed by atoms with van der Waals surface area (Å²) in [5, 5.41) is 2.75. The van der Waals surface area contributed by atoms with Gasteiger partial charge in [-0.25, -0.2) is 4.79 Å². The number of carbonyl (C=O) groups excluding carboxylic acids is 3. The topological polar surface area (TPSA) is 79.0 Å². The van der Waals surface area contributed by atoms with Gasteiger partial charge in [0.25, 0.3) is 5.91 Å². The summed E-state index contributed by atoms with van der Waals surface area (Å²) >= 11 is 0. The number of morpholine rings is 1. The molecule has 3 rings (SSSR count). The molecular formula is C20H27N3O4. The zero-order valence-electron chi connectivity index (χ0n) is 16.3. The van der Waals surface area contributed by atoms with Crippen LogP contribution in [-0.2, 0) is 19.9 Å². The third kappa shape index (κ3) is 3.69. The molecule has 2 heterocycles. The van der Waals surface area contributed by atoms with E-state index >= 15 is 0 Å². The van der Waals surface area contributed by atoms with Crippen LogP contribution in [0, 0.1) is 0 Å². The Morgan fingerprint density at radius 1 is 1.30 bits per heavy atom. The smallest absolute Gasteiger partial charge is 0.325 e. The number of rotatable bonds is 4. The number of amides is 4. The van der Waals surface area contributed by atoms with Crippen molar-refractivity contribution in [3.05, 3.63) is 35.4 Å². The van der Waals surface area contributed by atoms with Gasteiger partial charge in [0, 0.05) is 13.1 Å². The van der Waals surface area contributed by atoms with E-state index in [0.717, 1.165) is 10.5 Å². The fourth-order valence-corrected chi connectivity index (χ4v) is 3.52. The molecule has 0 radical (unpaired) electrons. The quantitative estimate of drug-likeness (QED) is 0.817.